The zero-order valence-corrected chi connectivity index (χ0v) is 11.3. The summed E-state index contributed by atoms with van der Waals surface area (Å²) in [5.74, 6) is 0.654. The molecule has 0 fully saturated rings. The van der Waals surface area contributed by atoms with E-state index in [9.17, 15) is 9.90 Å². The quantitative estimate of drug-likeness (QED) is 0.867. The molecule has 0 spiro atoms. The number of thioether (sulfide) groups is 1. The number of para-hydroxylation sites is 1. The first-order valence-electron chi connectivity index (χ1n) is 5.56. The minimum Gasteiger partial charge on any atom is -0.508 e. The Morgan fingerprint density at radius 3 is 2.59 bits per heavy atom. The van der Waals surface area contributed by atoms with Gasteiger partial charge in [-0.2, -0.15) is 0 Å². The summed E-state index contributed by atoms with van der Waals surface area (Å²) in [7, 11) is 0. The highest BCUT2D eigenvalue weighted by atomic mass is 32.2. The Kier molecular flexibility index (Phi) is 4.87. The first kappa shape index (κ1) is 13.9. The average molecular weight is 253 g/mol. The monoisotopic (exact) mass is 253 g/mol. The summed E-state index contributed by atoms with van der Waals surface area (Å²) in [6.45, 7) is 6.60. The molecular weight excluding hydrogens is 234 g/mol. The summed E-state index contributed by atoms with van der Waals surface area (Å²) in [6.07, 6.45) is 0. The van der Waals surface area contributed by atoms with Gasteiger partial charge in [0.15, 0.2) is 0 Å². The molecule has 0 radical (unpaired) electrons. The van der Waals surface area contributed by atoms with Gasteiger partial charge in [0.25, 0.3) is 0 Å². The Hall–Kier alpha value is -1.16. The van der Waals surface area contributed by atoms with Crippen molar-refractivity contribution in [2.24, 2.45) is 0 Å². The van der Waals surface area contributed by atoms with E-state index in [1.807, 2.05) is 6.07 Å². The number of amides is 1. The molecule has 17 heavy (non-hydrogen) atoms. The number of benzene rings is 1. The second kappa shape index (κ2) is 5.96. The maximum Gasteiger partial charge on any atom is 0.230 e. The van der Waals surface area contributed by atoms with Crippen molar-refractivity contribution in [1.29, 1.82) is 0 Å². The van der Waals surface area contributed by atoms with Crippen LogP contribution in [0.15, 0.2) is 24.3 Å². The van der Waals surface area contributed by atoms with Gasteiger partial charge in [0.1, 0.15) is 5.75 Å². The van der Waals surface area contributed by atoms with E-state index >= 15 is 0 Å². The molecule has 4 heteroatoms. The Bertz CT molecular complexity index is 385. The van der Waals surface area contributed by atoms with E-state index in [1.54, 1.807) is 30.0 Å². The minimum absolute atomic E-state index is 0.00632. The Morgan fingerprint density at radius 1 is 1.35 bits per heavy atom. The van der Waals surface area contributed by atoms with Crippen LogP contribution < -0.4 is 5.32 Å². The van der Waals surface area contributed by atoms with Gasteiger partial charge in [-0.05, 0) is 6.07 Å². The van der Waals surface area contributed by atoms with E-state index in [1.165, 1.54) is 0 Å². The molecule has 2 N–H and O–H groups in total. The number of hydrogen-bond donors (Lipinski definition) is 2. The molecule has 1 rings (SSSR count). The molecule has 0 atom stereocenters. The third-order valence-corrected chi connectivity index (χ3v) is 3.38. The van der Waals surface area contributed by atoms with Crippen molar-refractivity contribution in [3.05, 3.63) is 29.8 Å². The van der Waals surface area contributed by atoms with Crippen LogP contribution in [0, 0.1) is 0 Å². The van der Waals surface area contributed by atoms with Crippen LogP contribution in [0.3, 0.4) is 0 Å². The van der Waals surface area contributed by atoms with Crippen LogP contribution in [-0.2, 0) is 11.3 Å². The van der Waals surface area contributed by atoms with E-state index in [-0.39, 0.29) is 16.4 Å². The third-order valence-electron chi connectivity index (χ3n) is 2.10. The minimum atomic E-state index is -0.00632. The number of aromatic hydroxyl groups is 1. The van der Waals surface area contributed by atoms with Crippen molar-refractivity contribution in [2.45, 2.75) is 32.1 Å². The van der Waals surface area contributed by atoms with Crippen LogP contribution in [0.25, 0.3) is 0 Å². The fraction of sp³-hybridized carbons (Fsp3) is 0.462. The Morgan fingerprint density at radius 2 is 2.00 bits per heavy atom. The van der Waals surface area contributed by atoms with Crippen LogP contribution in [0.1, 0.15) is 26.3 Å². The van der Waals surface area contributed by atoms with Crippen LogP contribution in [-0.4, -0.2) is 21.5 Å². The lowest BCUT2D eigenvalue weighted by Gasteiger charge is -2.17. The Balaban J connectivity index is 2.36. The molecule has 1 aromatic carbocycles. The number of phenolic OH excluding ortho intramolecular Hbond substituents is 1. The molecule has 0 unspecified atom stereocenters. The molecule has 0 aromatic heterocycles. The number of hydrogen-bond acceptors (Lipinski definition) is 3. The molecule has 0 saturated carbocycles. The summed E-state index contributed by atoms with van der Waals surface area (Å²) in [5.41, 5.74) is 0.738. The first-order valence-corrected chi connectivity index (χ1v) is 6.54. The van der Waals surface area contributed by atoms with Gasteiger partial charge >= 0.3 is 0 Å². The van der Waals surface area contributed by atoms with Gasteiger partial charge in [-0.3, -0.25) is 4.79 Å². The molecule has 94 valence electrons. The van der Waals surface area contributed by atoms with Gasteiger partial charge in [0.05, 0.1) is 5.75 Å². The maximum atomic E-state index is 11.6. The molecule has 1 aromatic rings. The van der Waals surface area contributed by atoms with Crippen LogP contribution in [0.5, 0.6) is 5.75 Å². The van der Waals surface area contributed by atoms with Gasteiger partial charge in [-0.15, -0.1) is 11.8 Å². The largest absolute Gasteiger partial charge is 0.508 e. The highest BCUT2D eigenvalue weighted by molar-refractivity contribution is 8.01. The van der Waals surface area contributed by atoms with E-state index in [2.05, 4.69) is 26.1 Å². The summed E-state index contributed by atoms with van der Waals surface area (Å²) in [5, 5.41) is 12.3. The fourth-order valence-electron chi connectivity index (χ4n) is 1.19. The summed E-state index contributed by atoms with van der Waals surface area (Å²) in [6, 6.07) is 7.01. The Labute approximate surface area is 107 Å². The molecule has 3 nitrogen and oxygen atoms in total. The van der Waals surface area contributed by atoms with Crippen molar-refractivity contribution in [1.82, 2.24) is 5.32 Å². The topological polar surface area (TPSA) is 49.3 Å². The lowest BCUT2D eigenvalue weighted by molar-refractivity contribution is -0.118. The number of rotatable bonds is 4. The summed E-state index contributed by atoms with van der Waals surface area (Å²) in [4.78, 5) is 11.6. The average Bonchev–Trinajstić information content (AvgIpc) is 2.24. The number of nitrogens with one attached hydrogen (secondary N) is 1. The molecule has 0 bridgehead atoms. The van der Waals surface area contributed by atoms with Gasteiger partial charge < -0.3 is 10.4 Å². The van der Waals surface area contributed by atoms with Crippen molar-refractivity contribution in [3.8, 4) is 5.75 Å². The normalized spacial score (nSPS) is 11.2. The van der Waals surface area contributed by atoms with Crippen LogP contribution in [0.2, 0.25) is 0 Å². The van der Waals surface area contributed by atoms with Gasteiger partial charge in [-0.25, -0.2) is 0 Å². The van der Waals surface area contributed by atoms with Crippen molar-refractivity contribution in [2.75, 3.05) is 5.75 Å². The third kappa shape index (κ3) is 5.63. The maximum absolute atomic E-state index is 11.6. The molecular formula is C13H19NO2S. The number of phenols is 1. The lowest BCUT2D eigenvalue weighted by atomic mass is 10.2. The fourth-order valence-corrected chi connectivity index (χ4v) is 1.85. The van der Waals surface area contributed by atoms with Gasteiger partial charge in [0, 0.05) is 16.9 Å². The molecule has 0 aliphatic carbocycles. The van der Waals surface area contributed by atoms with Gasteiger partial charge in [0.2, 0.25) is 5.91 Å². The van der Waals surface area contributed by atoms with Crippen LogP contribution >= 0.6 is 11.8 Å². The van der Waals surface area contributed by atoms with Crippen LogP contribution in [0.4, 0.5) is 0 Å². The molecule has 0 aliphatic heterocycles. The standard InChI is InChI=1S/C13H19NO2S/c1-13(2,3)17-9-12(16)14-8-10-6-4-5-7-11(10)15/h4-7,15H,8-9H2,1-3H3,(H,14,16). The van der Waals surface area contributed by atoms with E-state index in [0.717, 1.165) is 5.56 Å². The molecule has 0 aliphatic rings. The SMILES string of the molecule is CC(C)(C)SCC(=O)NCc1ccccc1O. The molecule has 0 saturated heterocycles. The lowest BCUT2D eigenvalue weighted by Crippen LogP contribution is -2.26. The molecule has 0 heterocycles. The zero-order chi connectivity index (χ0) is 12.9. The van der Waals surface area contributed by atoms with Crippen molar-refractivity contribution in [3.63, 3.8) is 0 Å². The van der Waals surface area contributed by atoms with E-state index in [4.69, 9.17) is 0 Å². The predicted molar refractivity (Wildman–Crippen MR) is 72.2 cm³/mol. The van der Waals surface area contributed by atoms with Crippen molar-refractivity contribution >= 4 is 17.7 Å². The van der Waals surface area contributed by atoms with Gasteiger partial charge in [-0.1, -0.05) is 39.0 Å². The summed E-state index contributed by atoms with van der Waals surface area (Å²) < 4.78 is 0.0895. The molecule has 1 amide bonds. The number of carbonyl (C=O) groups excluding carboxylic acids is 1. The highest BCUT2D eigenvalue weighted by Gasteiger charge is 2.13. The second-order valence-electron chi connectivity index (χ2n) is 4.81. The number of carbonyl (C=O) groups is 1. The first-order chi connectivity index (χ1) is 7.88. The second-order valence-corrected chi connectivity index (χ2v) is 6.61. The smallest absolute Gasteiger partial charge is 0.230 e. The zero-order valence-electron chi connectivity index (χ0n) is 10.5. The van der Waals surface area contributed by atoms with E-state index < -0.39 is 0 Å². The predicted octanol–water partition coefficient (Wildman–Crippen LogP) is 2.54. The highest BCUT2D eigenvalue weighted by Crippen LogP contribution is 2.22. The van der Waals surface area contributed by atoms with Crippen molar-refractivity contribution < 1.29 is 9.90 Å². The van der Waals surface area contributed by atoms with E-state index in [0.29, 0.717) is 12.3 Å². The summed E-state index contributed by atoms with van der Waals surface area (Å²) >= 11 is 1.61.